The minimum absolute atomic E-state index is 0.693. The summed E-state index contributed by atoms with van der Waals surface area (Å²) in [4.78, 5) is 0. The lowest BCUT2D eigenvalue weighted by Gasteiger charge is -2.09. The van der Waals surface area contributed by atoms with Crippen molar-refractivity contribution < 1.29 is 4.74 Å². The van der Waals surface area contributed by atoms with Crippen LogP contribution in [0.4, 0.5) is 0 Å². The van der Waals surface area contributed by atoms with Gasteiger partial charge in [0.1, 0.15) is 5.75 Å². The van der Waals surface area contributed by atoms with Gasteiger partial charge >= 0.3 is 0 Å². The second kappa shape index (κ2) is 5.15. The molecular weight excluding hydrogens is 232 g/mol. The van der Waals surface area contributed by atoms with E-state index >= 15 is 0 Å². The molecule has 0 saturated carbocycles. The van der Waals surface area contributed by atoms with Crippen LogP contribution in [0.3, 0.4) is 0 Å². The van der Waals surface area contributed by atoms with Gasteiger partial charge in [-0.15, -0.1) is 0 Å². The number of ether oxygens (including phenoxy) is 1. The van der Waals surface area contributed by atoms with Crippen LogP contribution < -0.4 is 4.74 Å². The van der Waals surface area contributed by atoms with Crippen LogP contribution in [0.2, 0.25) is 0 Å². The average molecular weight is 248 g/mol. The Bertz CT molecular complexity index is 695. The van der Waals surface area contributed by atoms with E-state index in [4.69, 9.17) is 4.74 Å². The van der Waals surface area contributed by atoms with E-state index in [1.807, 2.05) is 19.1 Å². The average Bonchev–Trinajstić information content (AvgIpc) is 2.47. The fraction of sp³-hybridized carbons (Fsp3) is 0.111. The van der Waals surface area contributed by atoms with Gasteiger partial charge in [0.25, 0.3) is 0 Å². The third-order valence-corrected chi connectivity index (χ3v) is 3.25. The zero-order chi connectivity index (χ0) is 13.1. The molecule has 0 N–H and O–H groups in total. The summed E-state index contributed by atoms with van der Waals surface area (Å²) < 4.78 is 5.58. The van der Waals surface area contributed by atoms with E-state index in [-0.39, 0.29) is 0 Å². The molecule has 94 valence electrons. The van der Waals surface area contributed by atoms with Gasteiger partial charge in [-0.1, -0.05) is 54.6 Å². The molecular formula is C18H16O. The van der Waals surface area contributed by atoms with Gasteiger partial charge in [0.15, 0.2) is 0 Å². The lowest BCUT2D eigenvalue weighted by atomic mass is 9.98. The van der Waals surface area contributed by atoms with Crippen molar-refractivity contribution in [1.29, 1.82) is 0 Å². The quantitative estimate of drug-likeness (QED) is 0.640. The lowest BCUT2D eigenvalue weighted by molar-refractivity contribution is 0.340. The summed E-state index contributed by atoms with van der Waals surface area (Å²) in [5.74, 6) is 0.924. The Kier molecular flexibility index (Phi) is 3.20. The van der Waals surface area contributed by atoms with E-state index < -0.39 is 0 Å². The van der Waals surface area contributed by atoms with Crippen molar-refractivity contribution in [2.45, 2.75) is 6.92 Å². The molecule has 3 aromatic carbocycles. The van der Waals surface area contributed by atoms with Crippen molar-refractivity contribution in [3.8, 4) is 16.9 Å². The minimum Gasteiger partial charge on any atom is -0.494 e. The Hall–Kier alpha value is -2.28. The van der Waals surface area contributed by atoms with Crippen molar-refractivity contribution in [3.05, 3.63) is 66.7 Å². The van der Waals surface area contributed by atoms with Crippen LogP contribution in [0.25, 0.3) is 21.9 Å². The molecule has 0 fully saturated rings. The highest BCUT2D eigenvalue weighted by Crippen LogP contribution is 2.30. The SMILES string of the molecule is CCOc1cccc(-c2cccc3ccccc23)c1. The summed E-state index contributed by atoms with van der Waals surface area (Å²) in [6, 6.07) is 23.1. The highest BCUT2D eigenvalue weighted by molar-refractivity contribution is 5.96. The number of benzene rings is 3. The molecule has 19 heavy (non-hydrogen) atoms. The van der Waals surface area contributed by atoms with E-state index in [1.165, 1.54) is 21.9 Å². The first-order chi connectivity index (χ1) is 9.38. The Morgan fingerprint density at radius 2 is 1.63 bits per heavy atom. The van der Waals surface area contributed by atoms with Crippen molar-refractivity contribution >= 4 is 10.8 Å². The van der Waals surface area contributed by atoms with Crippen LogP contribution in [-0.4, -0.2) is 6.61 Å². The predicted molar refractivity (Wildman–Crippen MR) is 80.6 cm³/mol. The topological polar surface area (TPSA) is 9.23 Å². The van der Waals surface area contributed by atoms with Crippen molar-refractivity contribution in [1.82, 2.24) is 0 Å². The molecule has 0 bridgehead atoms. The van der Waals surface area contributed by atoms with Crippen LogP contribution in [0.5, 0.6) is 5.75 Å². The molecule has 0 aliphatic heterocycles. The molecule has 0 heterocycles. The largest absolute Gasteiger partial charge is 0.494 e. The Balaban J connectivity index is 2.16. The zero-order valence-corrected chi connectivity index (χ0v) is 11.0. The Morgan fingerprint density at radius 1 is 0.842 bits per heavy atom. The van der Waals surface area contributed by atoms with E-state index in [2.05, 4.69) is 54.6 Å². The maximum atomic E-state index is 5.58. The molecule has 0 spiro atoms. The van der Waals surface area contributed by atoms with Crippen molar-refractivity contribution in [2.75, 3.05) is 6.61 Å². The minimum atomic E-state index is 0.693. The van der Waals surface area contributed by atoms with Crippen LogP contribution in [0.15, 0.2) is 66.7 Å². The van der Waals surface area contributed by atoms with E-state index in [0.29, 0.717) is 6.61 Å². The third-order valence-electron chi connectivity index (χ3n) is 3.25. The monoisotopic (exact) mass is 248 g/mol. The highest BCUT2D eigenvalue weighted by atomic mass is 16.5. The molecule has 0 aliphatic rings. The molecule has 0 radical (unpaired) electrons. The molecule has 0 unspecified atom stereocenters. The molecule has 0 aliphatic carbocycles. The van der Waals surface area contributed by atoms with Crippen LogP contribution in [-0.2, 0) is 0 Å². The van der Waals surface area contributed by atoms with Gasteiger partial charge in [-0.2, -0.15) is 0 Å². The molecule has 0 aromatic heterocycles. The zero-order valence-electron chi connectivity index (χ0n) is 11.0. The van der Waals surface area contributed by atoms with Crippen molar-refractivity contribution in [3.63, 3.8) is 0 Å². The first-order valence-corrected chi connectivity index (χ1v) is 6.59. The first-order valence-electron chi connectivity index (χ1n) is 6.59. The number of fused-ring (bicyclic) bond motifs is 1. The van der Waals surface area contributed by atoms with Crippen LogP contribution in [0, 0.1) is 0 Å². The number of hydrogen-bond donors (Lipinski definition) is 0. The maximum Gasteiger partial charge on any atom is 0.119 e. The first kappa shape index (κ1) is 11.8. The molecule has 0 atom stereocenters. The summed E-state index contributed by atoms with van der Waals surface area (Å²) in [7, 11) is 0. The summed E-state index contributed by atoms with van der Waals surface area (Å²) in [5, 5.41) is 2.54. The highest BCUT2D eigenvalue weighted by Gasteiger charge is 2.04. The van der Waals surface area contributed by atoms with Gasteiger partial charge in [-0.3, -0.25) is 0 Å². The molecule has 3 aromatic rings. The summed E-state index contributed by atoms with van der Waals surface area (Å²) in [6.07, 6.45) is 0. The Morgan fingerprint density at radius 3 is 2.53 bits per heavy atom. The van der Waals surface area contributed by atoms with Gasteiger partial charge in [0.2, 0.25) is 0 Å². The van der Waals surface area contributed by atoms with Crippen LogP contribution in [0.1, 0.15) is 6.92 Å². The van der Waals surface area contributed by atoms with Gasteiger partial charge in [0.05, 0.1) is 6.61 Å². The molecule has 1 nitrogen and oxygen atoms in total. The normalized spacial score (nSPS) is 10.6. The second-order valence-corrected chi connectivity index (χ2v) is 4.49. The van der Waals surface area contributed by atoms with Gasteiger partial charge in [0, 0.05) is 0 Å². The summed E-state index contributed by atoms with van der Waals surface area (Å²) >= 11 is 0. The fourth-order valence-electron chi connectivity index (χ4n) is 2.40. The second-order valence-electron chi connectivity index (χ2n) is 4.49. The van der Waals surface area contributed by atoms with E-state index in [9.17, 15) is 0 Å². The third kappa shape index (κ3) is 2.32. The Labute approximate surface area is 113 Å². The molecule has 0 amide bonds. The van der Waals surface area contributed by atoms with E-state index in [1.54, 1.807) is 0 Å². The summed E-state index contributed by atoms with van der Waals surface area (Å²) in [5.41, 5.74) is 2.45. The maximum absolute atomic E-state index is 5.58. The number of rotatable bonds is 3. The predicted octanol–water partition coefficient (Wildman–Crippen LogP) is 4.91. The lowest BCUT2D eigenvalue weighted by Crippen LogP contribution is -1.91. The number of hydrogen-bond acceptors (Lipinski definition) is 1. The van der Waals surface area contributed by atoms with Gasteiger partial charge in [-0.25, -0.2) is 0 Å². The standard InChI is InChI=1S/C18H16O/c1-2-19-16-10-5-9-15(13-16)18-12-6-8-14-7-3-4-11-17(14)18/h3-13H,2H2,1H3. The molecule has 1 heteroatoms. The molecule has 0 saturated heterocycles. The van der Waals surface area contributed by atoms with Crippen molar-refractivity contribution in [2.24, 2.45) is 0 Å². The van der Waals surface area contributed by atoms with Gasteiger partial charge < -0.3 is 4.74 Å². The summed E-state index contributed by atoms with van der Waals surface area (Å²) in [6.45, 7) is 2.70. The smallest absolute Gasteiger partial charge is 0.119 e. The fourth-order valence-corrected chi connectivity index (χ4v) is 2.40. The molecule has 3 rings (SSSR count). The van der Waals surface area contributed by atoms with Gasteiger partial charge in [-0.05, 0) is 41.0 Å². The van der Waals surface area contributed by atoms with E-state index in [0.717, 1.165) is 5.75 Å². The van der Waals surface area contributed by atoms with Crippen LogP contribution >= 0.6 is 0 Å².